The van der Waals surface area contributed by atoms with Crippen LogP contribution in [0.2, 0.25) is 0 Å². The summed E-state index contributed by atoms with van der Waals surface area (Å²) in [4.78, 5) is 50.7. The van der Waals surface area contributed by atoms with Crippen LogP contribution in [-0.4, -0.2) is 81.9 Å². The second-order valence-corrected chi connectivity index (χ2v) is 10.7. The molecule has 0 saturated carbocycles. The van der Waals surface area contributed by atoms with E-state index in [0.29, 0.717) is 29.3 Å². The van der Waals surface area contributed by atoms with E-state index in [9.17, 15) is 27.6 Å². The van der Waals surface area contributed by atoms with Crippen molar-refractivity contribution in [1.29, 1.82) is 5.41 Å². The number of benzene rings is 3. The molecule has 1 heterocycles. The summed E-state index contributed by atoms with van der Waals surface area (Å²) in [7, 11) is 4.80. The second kappa shape index (κ2) is 15.6. The molecule has 0 saturated heterocycles. The first-order valence-corrected chi connectivity index (χ1v) is 14.3. The highest BCUT2D eigenvalue weighted by Gasteiger charge is 2.38. The number of para-hydroxylation sites is 1. The van der Waals surface area contributed by atoms with E-state index < -0.39 is 35.8 Å². The zero-order valence-electron chi connectivity index (χ0n) is 26.7. The Hall–Kier alpha value is -6.13. The predicted molar refractivity (Wildman–Crippen MR) is 171 cm³/mol. The van der Waals surface area contributed by atoms with Crippen molar-refractivity contribution in [2.45, 2.75) is 31.5 Å². The van der Waals surface area contributed by atoms with E-state index in [-0.39, 0.29) is 23.0 Å². The molecule has 0 aliphatic rings. The summed E-state index contributed by atoms with van der Waals surface area (Å²) in [6.07, 6.45) is -5.42. The minimum absolute atomic E-state index is 0.0448. The number of nitrogens with zero attached hydrogens (tertiary/aromatic N) is 3. The third-order valence-electron chi connectivity index (χ3n) is 6.99. The number of aliphatic carboxylic acids is 1. The molecule has 49 heavy (non-hydrogen) atoms. The van der Waals surface area contributed by atoms with Crippen LogP contribution in [0.3, 0.4) is 0 Å². The molecule has 0 spiro atoms. The zero-order valence-corrected chi connectivity index (χ0v) is 26.7. The number of rotatable bonds is 11. The molecule has 260 valence electrons. The Labute approximate surface area is 277 Å². The highest BCUT2D eigenvalue weighted by atomic mass is 19.4. The van der Waals surface area contributed by atoms with Gasteiger partial charge in [0.05, 0.1) is 18.4 Å². The van der Waals surface area contributed by atoms with Crippen molar-refractivity contribution in [2.75, 3.05) is 21.2 Å². The van der Waals surface area contributed by atoms with E-state index in [2.05, 4.69) is 10.1 Å². The summed E-state index contributed by atoms with van der Waals surface area (Å²) in [5.74, 6) is -3.07. The number of nitrogens with one attached hydrogen (secondary N) is 2. The maximum atomic E-state index is 13.1. The number of carboxylic acids is 1. The fourth-order valence-corrected chi connectivity index (χ4v) is 4.56. The van der Waals surface area contributed by atoms with Crippen LogP contribution in [0.1, 0.15) is 45.7 Å². The van der Waals surface area contributed by atoms with Gasteiger partial charge in [0.25, 0.3) is 11.8 Å². The van der Waals surface area contributed by atoms with Gasteiger partial charge in [-0.1, -0.05) is 42.5 Å². The Balaban J connectivity index is 0.000000838. The van der Waals surface area contributed by atoms with Crippen LogP contribution in [0.15, 0.2) is 71.5 Å². The maximum Gasteiger partial charge on any atom is 0.490 e. The Morgan fingerprint density at radius 2 is 1.65 bits per heavy atom. The van der Waals surface area contributed by atoms with E-state index in [1.807, 2.05) is 18.2 Å². The summed E-state index contributed by atoms with van der Waals surface area (Å²) in [5.41, 5.74) is 13.2. The van der Waals surface area contributed by atoms with E-state index in [4.69, 9.17) is 36.3 Å². The van der Waals surface area contributed by atoms with Crippen LogP contribution >= 0.6 is 0 Å². The molecule has 0 fully saturated rings. The van der Waals surface area contributed by atoms with Crippen LogP contribution in [0.4, 0.5) is 13.2 Å². The number of likely N-dealkylation sites (N-methyl/N-ethyl adjacent to an activating group) is 1. The van der Waals surface area contributed by atoms with Crippen LogP contribution in [0.25, 0.3) is 5.69 Å². The monoisotopic (exact) mass is 685 g/mol. The predicted octanol–water partition coefficient (Wildman–Crippen LogP) is 2.82. The third kappa shape index (κ3) is 9.46. The number of primary amides is 1. The minimum atomic E-state index is -5.08. The molecule has 0 radical (unpaired) electrons. The number of H-pyrrole nitrogens is 1. The molecule has 4 aromatic rings. The number of amides is 2. The fraction of sp³-hybridized carbons (Fsp3) is 0.250. The molecule has 14 nitrogen and oxygen atoms in total. The van der Waals surface area contributed by atoms with Gasteiger partial charge < -0.3 is 30.9 Å². The Bertz CT molecular complexity index is 1890. The average molecular weight is 686 g/mol. The van der Waals surface area contributed by atoms with Gasteiger partial charge >= 0.3 is 17.8 Å². The van der Waals surface area contributed by atoms with Crippen molar-refractivity contribution in [3.05, 3.63) is 105 Å². The smallest absolute Gasteiger partial charge is 0.490 e. The molecule has 0 aliphatic heterocycles. The number of carbonyl (C=O) groups excluding carboxylic acids is 2. The first-order chi connectivity index (χ1) is 22.9. The number of carbonyl (C=O) groups is 3. The number of amidine groups is 1. The van der Waals surface area contributed by atoms with E-state index in [1.165, 1.54) is 18.1 Å². The van der Waals surface area contributed by atoms with Crippen LogP contribution < -0.4 is 26.6 Å². The van der Waals surface area contributed by atoms with E-state index in [0.717, 1.165) is 15.8 Å². The molecule has 2 amide bonds. The molecule has 2 atom stereocenters. The van der Waals surface area contributed by atoms with Gasteiger partial charge in [-0.15, -0.1) is 5.10 Å². The van der Waals surface area contributed by atoms with Crippen molar-refractivity contribution in [1.82, 2.24) is 19.7 Å². The van der Waals surface area contributed by atoms with Gasteiger partial charge in [-0.2, -0.15) is 17.9 Å². The lowest BCUT2D eigenvalue weighted by Gasteiger charge is -2.21. The van der Waals surface area contributed by atoms with Gasteiger partial charge in [0, 0.05) is 25.6 Å². The quantitative estimate of drug-likeness (QED) is 0.116. The number of alkyl halides is 3. The molecule has 1 aromatic heterocycles. The van der Waals surface area contributed by atoms with Gasteiger partial charge in [-0.05, 0) is 48.7 Å². The van der Waals surface area contributed by atoms with Crippen molar-refractivity contribution in [2.24, 2.45) is 11.5 Å². The van der Waals surface area contributed by atoms with Gasteiger partial charge in [0.2, 0.25) is 0 Å². The maximum absolute atomic E-state index is 13.1. The summed E-state index contributed by atoms with van der Waals surface area (Å²) in [6, 6.07) is 18.9. The van der Waals surface area contributed by atoms with Gasteiger partial charge in [0.15, 0.2) is 17.6 Å². The standard InChI is InChI=1S/C30H33N7O5.C2HF3O2/c1-17(29(39)36(2)3)42-24-14-13-20(16-25(24)41-4)22(15-18-9-11-19(12-10-18)26(31)32)28-34-30(40)37(35-28)23-8-6-5-7-21(23)27(33)38;3-2(4,5)1(6)7/h5-14,16-17,22H,15H2,1-4H3,(H3,31,32)(H2,33,38)(H,34,35,40);(H,6,7). The number of hydrogen-bond donors (Lipinski definition) is 5. The lowest BCUT2D eigenvalue weighted by molar-refractivity contribution is -0.192. The first kappa shape index (κ1) is 37.3. The van der Waals surface area contributed by atoms with Crippen molar-refractivity contribution in [3.8, 4) is 17.2 Å². The van der Waals surface area contributed by atoms with Crippen LogP contribution in [0, 0.1) is 5.41 Å². The molecule has 2 unspecified atom stereocenters. The fourth-order valence-electron chi connectivity index (χ4n) is 4.56. The number of nitrogens with two attached hydrogens (primary N) is 2. The van der Waals surface area contributed by atoms with Crippen molar-refractivity contribution < 1.29 is 42.1 Å². The molecular weight excluding hydrogens is 651 g/mol. The Morgan fingerprint density at radius 1 is 1.04 bits per heavy atom. The first-order valence-electron chi connectivity index (χ1n) is 14.3. The molecule has 7 N–H and O–H groups in total. The summed E-state index contributed by atoms with van der Waals surface area (Å²) in [5, 5.41) is 19.4. The largest absolute Gasteiger partial charge is 0.493 e. The zero-order chi connectivity index (χ0) is 36.6. The van der Waals surface area contributed by atoms with Crippen molar-refractivity contribution in [3.63, 3.8) is 0 Å². The highest BCUT2D eigenvalue weighted by molar-refractivity contribution is 5.96. The second-order valence-electron chi connectivity index (χ2n) is 10.7. The van der Waals surface area contributed by atoms with Crippen LogP contribution in [-0.2, 0) is 16.0 Å². The number of aromatic nitrogens is 3. The number of hydrogen-bond acceptors (Lipinski definition) is 8. The Kier molecular flexibility index (Phi) is 11.9. The number of nitrogen functional groups attached to an aromatic ring is 1. The highest BCUT2D eigenvalue weighted by Crippen LogP contribution is 2.35. The summed E-state index contributed by atoms with van der Waals surface area (Å²) in [6.45, 7) is 1.66. The Morgan fingerprint density at radius 3 is 2.18 bits per heavy atom. The SMILES string of the molecule is COc1cc(C(Cc2ccc(C(=N)N)cc2)c2nn(-c3ccccc3C(N)=O)c(=O)[nH]2)ccc1OC(C)C(=O)N(C)C.O=C(O)C(F)(F)F. The number of ether oxygens (including phenoxy) is 2. The molecule has 4 rings (SSSR count). The topological polar surface area (TPSA) is 220 Å². The number of methoxy groups -OCH3 is 1. The molecule has 17 heteroatoms. The number of carboxylic acid groups (broad SMARTS) is 1. The number of aromatic amines is 1. The van der Waals surface area contributed by atoms with Gasteiger partial charge in [0.1, 0.15) is 11.7 Å². The van der Waals surface area contributed by atoms with Gasteiger partial charge in [-0.3, -0.25) is 20.0 Å². The minimum Gasteiger partial charge on any atom is -0.493 e. The summed E-state index contributed by atoms with van der Waals surface area (Å²) < 4.78 is 44.4. The average Bonchev–Trinajstić information content (AvgIpc) is 3.44. The molecule has 3 aromatic carbocycles. The van der Waals surface area contributed by atoms with E-state index in [1.54, 1.807) is 63.5 Å². The molecule has 0 bridgehead atoms. The normalized spacial score (nSPS) is 12.1. The molecule has 0 aliphatic carbocycles. The lowest BCUT2D eigenvalue weighted by Crippen LogP contribution is -2.35. The number of halogens is 3. The van der Waals surface area contributed by atoms with Crippen molar-refractivity contribution >= 4 is 23.6 Å². The van der Waals surface area contributed by atoms with Gasteiger partial charge in [-0.25, -0.2) is 9.59 Å². The van der Waals surface area contributed by atoms with E-state index >= 15 is 0 Å². The lowest BCUT2D eigenvalue weighted by atomic mass is 9.90. The molecular formula is C32H34F3N7O7. The third-order valence-corrected chi connectivity index (χ3v) is 6.99. The van der Waals surface area contributed by atoms with Crippen LogP contribution in [0.5, 0.6) is 11.5 Å². The summed E-state index contributed by atoms with van der Waals surface area (Å²) >= 11 is 0.